The zero-order chi connectivity index (χ0) is 16.9. The van der Waals surface area contributed by atoms with Crippen molar-refractivity contribution in [3.8, 4) is 5.75 Å². The minimum absolute atomic E-state index is 0.152. The highest BCUT2D eigenvalue weighted by molar-refractivity contribution is 7.09. The van der Waals surface area contributed by atoms with Gasteiger partial charge in [-0.05, 0) is 50.2 Å². The molecule has 1 amide bonds. The van der Waals surface area contributed by atoms with Gasteiger partial charge < -0.3 is 14.5 Å². The number of aromatic nitrogens is 1. The second-order valence-electron chi connectivity index (χ2n) is 5.38. The first kappa shape index (κ1) is 16.3. The molecule has 0 spiro atoms. The number of benzene rings is 1. The maximum absolute atomic E-state index is 12.2. The first-order valence-corrected chi connectivity index (χ1v) is 8.48. The molecule has 0 fully saturated rings. The average molecular weight is 342 g/mol. The Labute approximate surface area is 144 Å². The summed E-state index contributed by atoms with van der Waals surface area (Å²) in [5.74, 6) is 1.28. The second kappa shape index (κ2) is 7.31. The van der Waals surface area contributed by atoms with Crippen LogP contribution in [-0.2, 0) is 6.61 Å². The molecular weight excluding hydrogens is 324 g/mol. The van der Waals surface area contributed by atoms with E-state index in [4.69, 9.17) is 9.15 Å². The number of nitrogens with zero attached hydrogens (tertiary/aromatic N) is 1. The Bertz CT molecular complexity index is 794. The van der Waals surface area contributed by atoms with Gasteiger partial charge >= 0.3 is 0 Å². The average Bonchev–Trinajstić information content (AvgIpc) is 3.25. The second-order valence-corrected chi connectivity index (χ2v) is 6.44. The highest BCUT2D eigenvalue weighted by Gasteiger charge is 2.13. The summed E-state index contributed by atoms with van der Waals surface area (Å²) >= 11 is 1.60. The van der Waals surface area contributed by atoms with Gasteiger partial charge in [0.15, 0.2) is 0 Å². The summed E-state index contributed by atoms with van der Waals surface area (Å²) in [4.78, 5) is 16.6. The Kier molecular flexibility index (Phi) is 4.96. The van der Waals surface area contributed by atoms with Gasteiger partial charge in [0.2, 0.25) is 0 Å². The van der Waals surface area contributed by atoms with Gasteiger partial charge in [0.25, 0.3) is 5.91 Å². The van der Waals surface area contributed by atoms with E-state index in [-0.39, 0.29) is 11.9 Å². The normalized spacial score (nSPS) is 11.9. The quantitative estimate of drug-likeness (QED) is 0.732. The van der Waals surface area contributed by atoms with Crippen molar-refractivity contribution in [2.24, 2.45) is 0 Å². The molecule has 3 rings (SSSR count). The minimum Gasteiger partial charge on any atom is -0.487 e. The number of thiazole rings is 1. The lowest BCUT2D eigenvalue weighted by Gasteiger charge is -2.12. The molecule has 3 aromatic rings. The first-order chi connectivity index (χ1) is 11.6. The third-order valence-electron chi connectivity index (χ3n) is 3.49. The van der Waals surface area contributed by atoms with Crippen LogP contribution in [0, 0.1) is 6.92 Å². The van der Waals surface area contributed by atoms with Gasteiger partial charge in [0.1, 0.15) is 18.1 Å². The molecule has 0 saturated heterocycles. The number of carbonyl (C=O) groups is 1. The molecule has 5 nitrogen and oxygen atoms in total. The Balaban J connectivity index is 1.56. The third kappa shape index (κ3) is 4.02. The molecular formula is C18H18N2O3S. The molecule has 0 saturated carbocycles. The molecule has 0 unspecified atom stereocenters. The van der Waals surface area contributed by atoms with E-state index >= 15 is 0 Å². The highest BCUT2D eigenvalue weighted by atomic mass is 32.1. The lowest BCUT2D eigenvalue weighted by atomic mass is 10.2. The molecule has 2 heterocycles. The lowest BCUT2D eigenvalue weighted by molar-refractivity contribution is 0.0935. The van der Waals surface area contributed by atoms with Crippen LogP contribution in [0.3, 0.4) is 0 Å². The van der Waals surface area contributed by atoms with Gasteiger partial charge in [-0.15, -0.1) is 11.3 Å². The van der Waals surface area contributed by atoms with Crippen molar-refractivity contribution in [3.05, 3.63) is 70.1 Å². The van der Waals surface area contributed by atoms with Gasteiger partial charge in [0, 0.05) is 10.9 Å². The van der Waals surface area contributed by atoms with Gasteiger partial charge in [-0.1, -0.05) is 0 Å². The van der Waals surface area contributed by atoms with Crippen molar-refractivity contribution in [3.63, 3.8) is 0 Å². The fourth-order valence-corrected chi connectivity index (χ4v) is 2.82. The number of amides is 1. The molecule has 2 aromatic heterocycles. The number of ether oxygens (including phenoxy) is 1. The Morgan fingerprint density at radius 1 is 1.33 bits per heavy atom. The molecule has 1 atom stereocenters. The number of hydrogen-bond donors (Lipinski definition) is 1. The van der Waals surface area contributed by atoms with Crippen molar-refractivity contribution >= 4 is 17.2 Å². The number of rotatable bonds is 6. The maximum Gasteiger partial charge on any atom is 0.251 e. The van der Waals surface area contributed by atoms with Gasteiger partial charge in [-0.3, -0.25) is 4.79 Å². The van der Waals surface area contributed by atoms with Crippen LogP contribution in [0.25, 0.3) is 0 Å². The van der Waals surface area contributed by atoms with Crippen LogP contribution < -0.4 is 10.1 Å². The van der Waals surface area contributed by atoms with Crippen LogP contribution in [0.4, 0.5) is 0 Å². The molecule has 0 radical (unpaired) electrons. The zero-order valence-corrected chi connectivity index (χ0v) is 14.3. The molecule has 0 aliphatic carbocycles. The first-order valence-electron chi connectivity index (χ1n) is 7.60. The fourth-order valence-electron chi connectivity index (χ4n) is 2.22. The molecule has 24 heavy (non-hydrogen) atoms. The largest absolute Gasteiger partial charge is 0.487 e. The molecule has 124 valence electrons. The van der Waals surface area contributed by atoms with E-state index < -0.39 is 0 Å². The lowest BCUT2D eigenvalue weighted by Crippen LogP contribution is -2.26. The van der Waals surface area contributed by atoms with Gasteiger partial charge in [-0.2, -0.15) is 0 Å². The number of furan rings is 1. The van der Waals surface area contributed by atoms with Crippen LogP contribution in [0.2, 0.25) is 0 Å². The van der Waals surface area contributed by atoms with Crippen molar-refractivity contribution in [1.82, 2.24) is 10.3 Å². The standard InChI is InChI=1S/C18H18N2O3S/c1-12(17-4-3-9-22-17)19-18(21)14-5-7-16(8-6-14)23-10-15-11-24-13(2)20-15/h3-9,11-12H,10H2,1-2H3,(H,19,21)/t12-/m1/s1. The SMILES string of the molecule is Cc1nc(COc2ccc(C(=O)N[C@H](C)c3ccco3)cc2)cs1. The molecule has 1 N–H and O–H groups in total. The number of aryl methyl sites for hydroxylation is 1. The monoisotopic (exact) mass is 342 g/mol. The van der Waals surface area contributed by atoms with Crippen molar-refractivity contribution in [2.75, 3.05) is 0 Å². The predicted molar refractivity (Wildman–Crippen MR) is 92.2 cm³/mol. The summed E-state index contributed by atoms with van der Waals surface area (Å²) in [7, 11) is 0. The zero-order valence-electron chi connectivity index (χ0n) is 13.5. The topological polar surface area (TPSA) is 64.4 Å². The number of hydrogen-bond acceptors (Lipinski definition) is 5. The molecule has 0 aliphatic heterocycles. The smallest absolute Gasteiger partial charge is 0.251 e. The van der Waals surface area contributed by atoms with Crippen molar-refractivity contribution in [2.45, 2.75) is 26.5 Å². The highest BCUT2D eigenvalue weighted by Crippen LogP contribution is 2.17. The van der Waals surface area contributed by atoms with E-state index in [0.29, 0.717) is 17.9 Å². The van der Waals surface area contributed by atoms with E-state index in [1.165, 1.54) is 0 Å². The summed E-state index contributed by atoms with van der Waals surface area (Å²) in [5.41, 5.74) is 1.48. The third-order valence-corrected chi connectivity index (χ3v) is 4.31. The molecule has 6 heteroatoms. The molecule has 0 bridgehead atoms. The van der Waals surface area contributed by atoms with Gasteiger partial charge in [-0.25, -0.2) is 4.98 Å². The van der Waals surface area contributed by atoms with Crippen LogP contribution in [0.5, 0.6) is 5.75 Å². The summed E-state index contributed by atoms with van der Waals surface area (Å²) in [6.07, 6.45) is 1.59. The summed E-state index contributed by atoms with van der Waals surface area (Å²) < 4.78 is 11.0. The van der Waals surface area contributed by atoms with Crippen molar-refractivity contribution < 1.29 is 13.9 Å². The van der Waals surface area contributed by atoms with E-state index in [0.717, 1.165) is 16.5 Å². The van der Waals surface area contributed by atoms with E-state index in [2.05, 4.69) is 10.3 Å². The summed E-state index contributed by atoms with van der Waals surface area (Å²) in [5, 5.41) is 5.90. The Morgan fingerprint density at radius 3 is 2.75 bits per heavy atom. The Hall–Kier alpha value is -2.60. The molecule has 1 aromatic carbocycles. The van der Waals surface area contributed by atoms with Crippen molar-refractivity contribution in [1.29, 1.82) is 0 Å². The number of carbonyl (C=O) groups excluding carboxylic acids is 1. The minimum atomic E-state index is -0.184. The predicted octanol–water partition coefficient (Wildman–Crippen LogP) is 4.11. The van der Waals surface area contributed by atoms with E-state index in [9.17, 15) is 4.79 Å². The fraction of sp³-hybridized carbons (Fsp3) is 0.222. The van der Waals surface area contributed by atoms with Crippen LogP contribution in [-0.4, -0.2) is 10.9 Å². The van der Waals surface area contributed by atoms with E-state index in [1.807, 2.05) is 25.3 Å². The van der Waals surface area contributed by atoms with Crippen LogP contribution >= 0.6 is 11.3 Å². The summed E-state index contributed by atoms with van der Waals surface area (Å²) in [6.45, 7) is 4.26. The van der Waals surface area contributed by atoms with Crippen LogP contribution in [0.1, 0.15) is 39.8 Å². The van der Waals surface area contributed by atoms with E-state index in [1.54, 1.807) is 47.9 Å². The van der Waals surface area contributed by atoms with Gasteiger partial charge in [0.05, 0.1) is 23.0 Å². The van der Waals surface area contributed by atoms with Crippen LogP contribution in [0.15, 0.2) is 52.5 Å². The Morgan fingerprint density at radius 2 is 2.12 bits per heavy atom. The number of nitrogens with one attached hydrogen (secondary N) is 1. The summed E-state index contributed by atoms with van der Waals surface area (Å²) in [6, 6.07) is 10.5. The maximum atomic E-state index is 12.2. The molecule has 0 aliphatic rings.